The number of fused-ring (bicyclic) bond motifs is 1. The lowest BCUT2D eigenvalue weighted by atomic mass is 9.92. The van der Waals surface area contributed by atoms with E-state index in [1.165, 1.54) is 16.7 Å². The average Bonchev–Trinajstić information content (AvgIpc) is 3.44. The van der Waals surface area contributed by atoms with Crippen LogP contribution in [-0.4, -0.2) is 51.1 Å². The lowest BCUT2D eigenvalue weighted by molar-refractivity contribution is -0.130. The molecule has 2 unspecified atom stereocenters. The van der Waals surface area contributed by atoms with E-state index in [1.807, 2.05) is 4.52 Å². The molecule has 0 bridgehead atoms. The number of allylic oxidation sites excluding steroid dienone is 2. The smallest absolute Gasteiger partial charge is 0.254 e. The van der Waals surface area contributed by atoms with Gasteiger partial charge in [0.15, 0.2) is 5.65 Å². The van der Waals surface area contributed by atoms with Crippen LogP contribution in [0.4, 0.5) is 5.82 Å². The summed E-state index contributed by atoms with van der Waals surface area (Å²) in [6.45, 7) is 11.2. The zero-order chi connectivity index (χ0) is 24.7. The van der Waals surface area contributed by atoms with E-state index in [4.69, 9.17) is 15.8 Å². The van der Waals surface area contributed by atoms with Crippen molar-refractivity contribution in [3.05, 3.63) is 45.8 Å². The van der Waals surface area contributed by atoms with Crippen LogP contribution in [0.3, 0.4) is 0 Å². The maximum Gasteiger partial charge on any atom is 0.254 e. The highest BCUT2D eigenvalue weighted by Crippen LogP contribution is 2.37. The standard InChI is InChI=1S/C28H40N6O/c1-5-21-10-8-9-18(2)20(4)26(21)28(35)33-13-7-6-11-24(33)23-15-25-30-27(19(3)16-34(25)31-23)32-14-12-22(29)17-32/h15-16,22,24H,5-14,17,29H2,1-4H3. The third-order valence-corrected chi connectivity index (χ3v) is 8.29. The van der Waals surface area contributed by atoms with Crippen molar-refractivity contribution < 1.29 is 4.79 Å². The number of aromatic nitrogens is 3. The molecule has 188 valence electrons. The quantitative estimate of drug-likeness (QED) is 0.682. The van der Waals surface area contributed by atoms with Gasteiger partial charge in [0, 0.05) is 49.1 Å². The Labute approximate surface area is 209 Å². The van der Waals surface area contributed by atoms with Crippen LogP contribution in [0.1, 0.15) is 89.4 Å². The minimum atomic E-state index is -0.0103. The molecule has 2 aliphatic heterocycles. The Morgan fingerprint density at radius 2 is 1.94 bits per heavy atom. The van der Waals surface area contributed by atoms with Crippen LogP contribution in [0, 0.1) is 6.92 Å². The second-order valence-corrected chi connectivity index (χ2v) is 10.7. The van der Waals surface area contributed by atoms with Gasteiger partial charge in [-0.05, 0) is 77.7 Å². The number of hydrogen-bond donors (Lipinski definition) is 1. The van der Waals surface area contributed by atoms with Crippen LogP contribution in [0.5, 0.6) is 0 Å². The normalized spacial score (nSPS) is 24.0. The van der Waals surface area contributed by atoms with E-state index in [9.17, 15) is 4.79 Å². The molecule has 2 saturated heterocycles. The third-order valence-electron chi connectivity index (χ3n) is 8.29. The summed E-state index contributed by atoms with van der Waals surface area (Å²) >= 11 is 0. The first kappa shape index (κ1) is 24.0. The summed E-state index contributed by atoms with van der Waals surface area (Å²) in [5, 5.41) is 4.94. The second kappa shape index (κ2) is 9.76. The molecule has 7 heteroatoms. The van der Waals surface area contributed by atoms with Crippen LogP contribution in [-0.2, 0) is 4.79 Å². The van der Waals surface area contributed by atoms with Gasteiger partial charge in [-0.3, -0.25) is 4.79 Å². The maximum atomic E-state index is 14.1. The molecule has 5 rings (SSSR count). The number of nitrogens with zero attached hydrogens (tertiary/aromatic N) is 5. The van der Waals surface area contributed by atoms with Crippen molar-refractivity contribution in [1.82, 2.24) is 19.5 Å². The van der Waals surface area contributed by atoms with Crippen molar-refractivity contribution in [1.29, 1.82) is 0 Å². The van der Waals surface area contributed by atoms with E-state index >= 15 is 0 Å². The van der Waals surface area contributed by atoms with E-state index in [0.717, 1.165) is 99.3 Å². The molecule has 2 fully saturated rings. The van der Waals surface area contributed by atoms with Gasteiger partial charge in [-0.1, -0.05) is 18.1 Å². The Kier molecular flexibility index (Phi) is 6.71. The van der Waals surface area contributed by atoms with Gasteiger partial charge in [0.25, 0.3) is 5.91 Å². The summed E-state index contributed by atoms with van der Waals surface area (Å²) in [7, 11) is 0. The van der Waals surface area contributed by atoms with E-state index in [1.54, 1.807) is 0 Å². The Morgan fingerprint density at radius 1 is 1.11 bits per heavy atom. The fraction of sp³-hybridized carbons (Fsp3) is 0.607. The van der Waals surface area contributed by atoms with Gasteiger partial charge in [-0.2, -0.15) is 5.10 Å². The zero-order valence-corrected chi connectivity index (χ0v) is 21.8. The van der Waals surface area contributed by atoms with Crippen LogP contribution >= 0.6 is 0 Å². The average molecular weight is 477 g/mol. The summed E-state index contributed by atoms with van der Waals surface area (Å²) in [5.41, 5.74) is 13.9. The first-order valence-corrected chi connectivity index (χ1v) is 13.4. The number of nitrogens with two attached hydrogens (primary N) is 1. The Hall–Kier alpha value is -2.67. The minimum absolute atomic E-state index is 0.0103. The molecule has 2 aromatic rings. The molecule has 3 aliphatic rings. The molecule has 7 nitrogen and oxygen atoms in total. The number of piperidine rings is 1. The van der Waals surface area contributed by atoms with E-state index in [2.05, 4.69) is 49.8 Å². The van der Waals surface area contributed by atoms with Gasteiger partial charge in [0.2, 0.25) is 0 Å². The van der Waals surface area contributed by atoms with Gasteiger partial charge in [-0.25, -0.2) is 9.50 Å². The molecule has 2 N–H and O–H groups in total. The van der Waals surface area contributed by atoms with Crippen LogP contribution in [0.25, 0.3) is 5.65 Å². The number of aryl methyl sites for hydroxylation is 1. The van der Waals surface area contributed by atoms with Crippen LogP contribution < -0.4 is 10.6 Å². The Morgan fingerprint density at radius 3 is 2.69 bits per heavy atom. The third kappa shape index (κ3) is 4.51. The largest absolute Gasteiger partial charge is 0.355 e. The lowest BCUT2D eigenvalue weighted by Crippen LogP contribution is -2.40. The Balaban J connectivity index is 1.49. The summed E-state index contributed by atoms with van der Waals surface area (Å²) in [6.07, 6.45) is 10.3. The topological polar surface area (TPSA) is 79.8 Å². The van der Waals surface area contributed by atoms with E-state index in [-0.39, 0.29) is 18.0 Å². The number of likely N-dealkylation sites (tertiary alicyclic amines) is 1. The van der Waals surface area contributed by atoms with Crippen molar-refractivity contribution in [3.8, 4) is 0 Å². The number of carbonyl (C=O) groups excluding carboxylic acids is 1. The fourth-order valence-corrected chi connectivity index (χ4v) is 6.13. The molecule has 2 aromatic heterocycles. The molecule has 1 aliphatic carbocycles. The SMILES string of the molecule is CCC1=C(C(=O)N2CCCCC2c2cc3nc(N4CCC(N)C4)c(C)cn3n2)C(C)=C(C)CCC1. The van der Waals surface area contributed by atoms with Crippen molar-refractivity contribution in [2.75, 3.05) is 24.5 Å². The summed E-state index contributed by atoms with van der Waals surface area (Å²) in [4.78, 5) is 23.5. The molecular weight excluding hydrogens is 436 g/mol. The maximum absolute atomic E-state index is 14.1. The van der Waals surface area contributed by atoms with Gasteiger partial charge in [0.1, 0.15) is 5.82 Å². The number of hydrogen-bond acceptors (Lipinski definition) is 5. The highest BCUT2D eigenvalue weighted by Gasteiger charge is 2.34. The second-order valence-electron chi connectivity index (χ2n) is 10.7. The highest BCUT2D eigenvalue weighted by atomic mass is 16.2. The monoisotopic (exact) mass is 476 g/mol. The highest BCUT2D eigenvalue weighted by molar-refractivity contribution is 5.99. The molecule has 0 saturated carbocycles. The van der Waals surface area contributed by atoms with Crippen molar-refractivity contribution in [2.45, 2.75) is 91.1 Å². The summed E-state index contributed by atoms with van der Waals surface area (Å²) in [5.74, 6) is 1.19. The molecule has 4 heterocycles. The molecule has 2 atom stereocenters. The molecule has 35 heavy (non-hydrogen) atoms. The number of amides is 1. The molecule has 0 aromatic carbocycles. The van der Waals surface area contributed by atoms with E-state index < -0.39 is 0 Å². The lowest BCUT2D eigenvalue weighted by Gasteiger charge is -2.36. The van der Waals surface area contributed by atoms with Crippen molar-refractivity contribution in [2.24, 2.45) is 5.73 Å². The van der Waals surface area contributed by atoms with E-state index in [0.29, 0.717) is 0 Å². The van der Waals surface area contributed by atoms with Gasteiger partial charge < -0.3 is 15.5 Å². The first-order valence-electron chi connectivity index (χ1n) is 13.4. The molecule has 1 amide bonds. The predicted molar refractivity (Wildman–Crippen MR) is 140 cm³/mol. The van der Waals surface area contributed by atoms with Crippen molar-refractivity contribution in [3.63, 3.8) is 0 Å². The van der Waals surface area contributed by atoms with Crippen LogP contribution in [0.2, 0.25) is 0 Å². The molecular formula is C28H40N6O. The predicted octanol–water partition coefficient (Wildman–Crippen LogP) is 4.86. The first-order chi connectivity index (χ1) is 16.9. The fourth-order valence-electron chi connectivity index (χ4n) is 6.13. The molecule has 0 radical (unpaired) electrons. The molecule has 0 spiro atoms. The summed E-state index contributed by atoms with van der Waals surface area (Å²) < 4.78 is 1.89. The number of anilines is 1. The van der Waals surface area contributed by atoms with Crippen LogP contribution in [0.15, 0.2) is 34.6 Å². The number of rotatable bonds is 4. The summed E-state index contributed by atoms with van der Waals surface area (Å²) in [6, 6.07) is 2.29. The van der Waals surface area contributed by atoms with Gasteiger partial charge in [-0.15, -0.1) is 0 Å². The minimum Gasteiger partial charge on any atom is -0.355 e. The van der Waals surface area contributed by atoms with Gasteiger partial charge >= 0.3 is 0 Å². The van der Waals surface area contributed by atoms with Crippen molar-refractivity contribution >= 4 is 17.4 Å². The number of carbonyl (C=O) groups is 1. The Bertz CT molecular complexity index is 1190. The van der Waals surface area contributed by atoms with Gasteiger partial charge in [0.05, 0.1) is 11.7 Å². The zero-order valence-electron chi connectivity index (χ0n) is 21.8.